The average molecular weight is 2290 g/mol. The van der Waals surface area contributed by atoms with Gasteiger partial charge in [0.1, 0.15) is 0 Å². The summed E-state index contributed by atoms with van der Waals surface area (Å²) >= 11 is 0. The van der Waals surface area contributed by atoms with Gasteiger partial charge in [-0.1, -0.05) is 437 Å². The number of aryl methyl sites for hydroxylation is 10. The van der Waals surface area contributed by atoms with Crippen molar-refractivity contribution in [2.45, 2.75) is 314 Å². The Labute approximate surface area is 957 Å². The summed E-state index contributed by atoms with van der Waals surface area (Å²) in [5, 5.41) is 20.0. The molecule has 6 radical (unpaired) electrons. The van der Waals surface area contributed by atoms with Gasteiger partial charge in [-0.25, -0.2) is 32.5 Å². The minimum atomic E-state index is -0.590. The topological polar surface area (TPSA) is 26.2 Å². The van der Waals surface area contributed by atoms with E-state index < -0.39 is 52.8 Å². The van der Waals surface area contributed by atoms with Crippen molar-refractivity contribution in [3.05, 3.63) is 375 Å². The Bertz CT molecular complexity index is 4830. The van der Waals surface area contributed by atoms with E-state index >= 15 is 0 Å². The van der Waals surface area contributed by atoms with Crippen LogP contribution in [0, 0.1) is 189 Å². The fourth-order valence-electron chi connectivity index (χ4n) is 21.8. The molecule has 8 bridgehead atoms. The molecule has 8 fully saturated rings. The summed E-state index contributed by atoms with van der Waals surface area (Å²) in [7, 11) is -5.10. The van der Waals surface area contributed by atoms with E-state index in [0.717, 1.165) is 103 Å². The zero-order valence-electron chi connectivity index (χ0n) is 98.8. The van der Waals surface area contributed by atoms with Crippen LogP contribution < -0.4 is 62.2 Å². The number of hydrogen-bond acceptors (Lipinski definition) is 0. The fraction of sp³-hybridized carbons (Fsp3) is 0.429. The first-order chi connectivity index (χ1) is 65.1. The molecule has 0 N–H and O–H groups in total. The molecule has 0 amide bonds. The van der Waals surface area contributed by atoms with Crippen molar-refractivity contribution in [2.24, 2.45) is 35.5 Å². The maximum Gasteiger partial charge on any atom is 4.00 e. The number of nitrogens with zero attached hydrogens (tertiary/aromatic N) is 6. The molecule has 0 spiro atoms. The largest absolute Gasteiger partial charge is 4.00 e. The Morgan fingerprint density at radius 2 is 0.354 bits per heavy atom. The molecule has 147 heavy (non-hydrogen) atoms. The molecule has 8 saturated carbocycles. The molecule has 21 heteroatoms. The van der Waals surface area contributed by atoms with E-state index in [1.165, 1.54) is 88.2 Å². The van der Waals surface area contributed by atoms with Crippen molar-refractivity contribution in [3.8, 4) is 0 Å². The van der Waals surface area contributed by atoms with Crippen LogP contribution in [0.3, 0.4) is 0 Å². The van der Waals surface area contributed by atoms with Crippen LogP contribution in [0.5, 0.6) is 0 Å². The van der Waals surface area contributed by atoms with Crippen molar-refractivity contribution >= 4 is 191 Å². The Morgan fingerprint density at radius 1 is 0.218 bits per heavy atom. The van der Waals surface area contributed by atoms with E-state index in [4.69, 9.17) is 39.4 Å². The van der Waals surface area contributed by atoms with Crippen molar-refractivity contribution in [1.29, 1.82) is 0 Å². The van der Waals surface area contributed by atoms with Crippen LogP contribution in [-0.4, -0.2) is 117 Å². The van der Waals surface area contributed by atoms with Crippen LogP contribution in [0.1, 0.15) is 133 Å². The number of hydrogen-bond donors (Lipinski definition) is 0. The standard InChI is InChI=1S/2C11H15N.2C10H11N.3C10H18Si2.3C10H16Si2.2C9H9N.6CH3.3Fe/c2*1-12-11-5-8-2-9(6-11)4-10(3-8)7-11;2*1-7-5-8(2)10(11-4)9(3)6-7;6*1-11(2)9-7-5-6-8-10(9)12(3)4;2*1-7-5-4-6-8(2)9(7)10-3;;;;;;;;;/h2*8-10H,2-7H2;2*5-6H,1-3H3;3*5-8,11-12H,1-4H3;3*5-8H,1-4H3;2*4-6H,1-2H3;6*1H3;;;/q;;;;;;;;;;;;6*-1;3*+4. The molecule has 0 saturated heterocycles. The second-order valence-corrected chi connectivity index (χ2v) is 76.2. The molecule has 0 aliphatic heterocycles. The van der Waals surface area contributed by atoms with E-state index in [1.807, 2.05) is 130 Å². The molecule has 0 heterocycles. The van der Waals surface area contributed by atoms with E-state index in [2.05, 4.69) is 332 Å². The smallest absolute Gasteiger partial charge is 0.358 e. The molecule has 790 valence electrons. The fourth-order valence-corrected chi connectivity index (χ4v) is 46.2. The van der Waals surface area contributed by atoms with E-state index in [-0.39, 0.29) is 160 Å². The number of benzene rings is 10. The summed E-state index contributed by atoms with van der Waals surface area (Å²) < 4.78 is 0. The van der Waals surface area contributed by atoms with Gasteiger partial charge in [0.2, 0.25) is 11.1 Å². The first kappa shape index (κ1) is 149. The molecular weight excluding hydrogens is 2100 g/mol. The molecule has 8 aliphatic carbocycles. The second-order valence-electron chi connectivity index (χ2n) is 43.4. The summed E-state index contributed by atoms with van der Waals surface area (Å²) in [6.45, 7) is 119. The first-order valence-electron chi connectivity index (χ1n) is 51.1. The van der Waals surface area contributed by atoms with Crippen molar-refractivity contribution in [3.63, 3.8) is 0 Å². The molecule has 10 aromatic carbocycles. The van der Waals surface area contributed by atoms with Crippen molar-refractivity contribution < 1.29 is 51.2 Å². The Kier molecular flexibility index (Phi) is 75.2. The monoisotopic (exact) mass is 2290 g/mol. The second kappa shape index (κ2) is 74.4. The molecule has 0 unspecified atom stereocenters. The van der Waals surface area contributed by atoms with Crippen molar-refractivity contribution in [2.75, 3.05) is 0 Å². The molecule has 8 aliphatic rings. The van der Waals surface area contributed by atoms with Crippen LogP contribution >= 0.6 is 0 Å². The third-order valence-corrected chi connectivity index (χ3v) is 49.3. The van der Waals surface area contributed by atoms with E-state index in [9.17, 15) is 0 Å². The third-order valence-electron chi connectivity index (χ3n) is 27.8. The van der Waals surface area contributed by atoms with Gasteiger partial charge in [0.15, 0.2) is 22.7 Å². The van der Waals surface area contributed by atoms with Gasteiger partial charge in [-0.2, -0.15) is 0 Å². The molecule has 18 rings (SSSR count). The maximum absolute atomic E-state index is 7.30. The van der Waals surface area contributed by atoms with Gasteiger partial charge in [-0.3, -0.25) is 0 Å². The molecule has 6 nitrogen and oxygen atoms in total. The number of rotatable bonds is 12. The predicted molar refractivity (Wildman–Crippen MR) is 684 cm³/mol. The first-order valence-corrected chi connectivity index (χ1v) is 83.4. The van der Waals surface area contributed by atoms with Gasteiger partial charge in [0, 0.05) is 38.5 Å². The van der Waals surface area contributed by atoms with Crippen LogP contribution in [0.25, 0.3) is 29.1 Å². The molecule has 0 aromatic heterocycles. The van der Waals surface area contributed by atoms with Gasteiger partial charge in [0.05, 0.1) is 132 Å². The molecule has 10 aromatic rings. The molecule has 0 atom stereocenters. The van der Waals surface area contributed by atoms with Gasteiger partial charge < -0.3 is 54.2 Å². The molecular formula is C126H190Fe3N6Si12+6. The van der Waals surface area contributed by atoms with Gasteiger partial charge in [-0.05, 0) is 188 Å². The summed E-state index contributed by atoms with van der Waals surface area (Å²) in [6.07, 6.45) is 16.2. The zero-order valence-corrected chi connectivity index (χ0v) is 115. The zero-order chi connectivity index (χ0) is 103. The Hall–Kier alpha value is -6.70. The van der Waals surface area contributed by atoms with Crippen LogP contribution in [0.15, 0.2) is 206 Å². The average Bonchev–Trinajstić information content (AvgIpc) is 0.755. The Balaban J connectivity index is -0.000000496. The van der Waals surface area contributed by atoms with Gasteiger partial charge in [0.25, 0.3) is 0 Å². The van der Waals surface area contributed by atoms with E-state index in [1.54, 1.807) is 62.2 Å². The third kappa shape index (κ3) is 47.4. The van der Waals surface area contributed by atoms with Gasteiger partial charge >= 0.3 is 51.2 Å². The quantitative estimate of drug-likeness (QED) is 0.0861. The van der Waals surface area contributed by atoms with Crippen molar-refractivity contribution in [1.82, 2.24) is 0 Å². The minimum Gasteiger partial charge on any atom is -0.358 e. The van der Waals surface area contributed by atoms with E-state index in [0.29, 0.717) is 0 Å². The maximum atomic E-state index is 7.30. The summed E-state index contributed by atoms with van der Waals surface area (Å²) in [5.41, 5.74) is 14.5. The van der Waals surface area contributed by atoms with Crippen LogP contribution in [0.2, 0.25) is 157 Å². The summed E-state index contributed by atoms with van der Waals surface area (Å²) in [5.74, 6) is 5.61. The van der Waals surface area contributed by atoms with Crippen LogP contribution in [0.4, 0.5) is 22.7 Å². The summed E-state index contributed by atoms with van der Waals surface area (Å²) in [4.78, 5) is 21.6. The normalized spacial score (nSPS) is 17.1. The number of para-hydroxylation sites is 2. The predicted octanol–water partition coefficient (Wildman–Crippen LogP) is 28.5. The van der Waals surface area contributed by atoms with Gasteiger partial charge in [-0.15, -0.1) is 0 Å². The Morgan fingerprint density at radius 3 is 0.469 bits per heavy atom. The minimum absolute atomic E-state index is 0. The summed E-state index contributed by atoms with van der Waals surface area (Å²) in [6, 6.07) is 73.9. The van der Waals surface area contributed by atoms with Crippen LogP contribution in [-0.2, 0) is 51.2 Å². The SMILES string of the molecule is C[SiH](C)c1ccccc1[SiH](C)C.C[SiH](C)c1ccccc1[SiH](C)C.C[SiH](C)c1ccccc1[SiH](C)C.C[Si](C)c1ccccc1[Si](C)C.C[Si](C)c1ccccc1[Si](C)C.C[Si](C)c1ccccc1[Si](C)C.[C-]#[N+]C12CC3CC(CC(C3)C1)C2.[C-]#[N+]C12CC3CC(CC(C3)C1)C2.[C-]#[N+]c1c(C)cc(C)cc1C.[C-]#[N+]c1c(C)cc(C)cc1C.[C-]#[N+]c1c(C)cccc1C.[C-]#[N+]c1c(C)cccc1C.[CH3-].[CH3-].[CH3-].[CH3-].[CH3-].[CH3-].[Fe+4].[Fe+4].[Fe+4].